The van der Waals surface area contributed by atoms with Crippen LogP contribution < -0.4 is 14.2 Å². The number of para-hydroxylation sites is 1. The summed E-state index contributed by atoms with van der Waals surface area (Å²) in [6.45, 7) is 0.896. The van der Waals surface area contributed by atoms with Gasteiger partial charge in [-0.3, -0.25) is 0 Å². The molecular formula is C19H14ClNO5. The summed E-state index contributed by atoms with van der Waals surface area (Å²) in [5.41, 5.74) is 1.43. The monoisotopic (exact) mass is 371 g/mol. The second-order valence-electron chi connectivity index (χ2n) is 5.56. The van der Waals surface area contributed by atoms with Crippen molar-refractivity contribution in [3.8, 4) is 17.2 Å². The lowest BCUT2D eigenvalue weighted by atomic mass is 10.1. The first kappa shape index (κ1) is 16.5. The predicted molar refractivity (Wildman–Crippen MR) is 96.0 cm³/mol. The number of halogens is 1. The van der Waals surface area contributed by atoms with E-state index in [9.17, 15) is 4.79 Å². The Morgan fingerprint density at radius 2 is 2.00 bits per heavy atom. The third-order valence-corrected chi connectivity index (χ3v) is 4.16. The highest BCUT2D eigenvalue weighted by Gasteiger charge is 2.26. The van der Waals surface area contributed by atoms with Gasteiger partial charge in [0, 0.05) is 0 Å². The van der Waals surface area contributed by atoms with Crippen molar-refractivity contribution in [2.75, 3.05) is 20.3 Å². The van der Waals surface area contributed by atoms with E-state index in [2.05, 4.69) is 4.99 Å². The Labute approximate surface area is 154 Å². The molecule has 2 aromatic rings. The van der Waals surface area contributed by atoms with E-state index in [4.69, 9.17) is 30.5 Å². The SMILES string of the molecule is COc1ccccc1C1=NC(=Cc2cc(Cl)c3c(c2)OCCO3)C(=O)O1. The maximum atomic E-state index is 12.2. The number of carbonyl (C=O) groups is 1. The van der Waals surface area contributed by atoms with E-state index in [1.54, 1.807) is 37.5 Å². The number of fused-ring (bicyclic) bond motifs is 1. The quantitative estimate of drug-likeness (QED) is 0.610. The Hall–Kier alpha value is -2.99. The van der Waals surface area contributed by atoms with Gasteiger partial charge in [0.15, 0.2) is 17.2 Å². The minimum Gasteiger partial charge on any atom is -0.496 e. The highest BCUT2D eigenvalue weighted by molar-refractivity contribution is 6.32. The largest absolute Gasteiger partial charge is 0.496 e. The standard InChI is InChI=1S/C19H14ClNO5/c1-23-15-5-3-2-4-12(15)18-21-14(19(22)26-18)9-11-8-13(20)17-16(10-11)24-6-7-25-17/h2-5,8-10H,6-7H2,1H3. The molecule has 0 fully saturated rings. The molecule has 4 rings (SSSR count). The molecule has 0 atom stereocenters. The second kappa shape index (κ2) is 6.72. The number of nitrogens with zero attached hydrogens (tertiary/aromatic N) is 1. The number of cyclic esters (lactones) is 1. The maximum Gasteiger partial charge on any atom is 0.363 e. The molecule has 2 aromatic carbocycles. The lowest BCUT2D eigenvalue weighted by Gasteiger charge is -2.19. The summed E-state index contributed by atoms with van der Waals surface area (Å²) in [6.07, 6.45) is 1.59. The lowest BCUT2D eigenvalue weighted by molar-refractivity contribution is -0.129. The van der Waals surface area contributed by atoms with Gasteiger partial charge in [-0.1, -0.05) is 23.7 Å². The third-order valence-electron chi connectivity index (χ3n) is 3.88. The van der Waals surface area contributed by atoms with E-state index in [1.807, 2.05) is 12.1 Å². The maximum absolute atomic E-state index is 12.2. The van der Waals surface area contributed by atoms with Gasteiger partial charge in [0.2, 0.25) is 5.90 Å². The summed E-state index contributed by atoms with van der Waals surface area (Å²) >= 11 is 6.23. The Morgan fingerprint density at radius 1 is 1.19 bits per heavy atom. The molecule has 0 radical (unpaired) electrons. The molecule has 2 aliphatic heterocycles. The Kier molecular flexibility index (Phi) is 4.26. The van der Waals surface area contributed by atoms with Gasteiger partial charge in [0.05, 0.1) is 17.7 Å². The first-order valence-corrected chi connectivity index (χ1v) is 8.28. The molecule has 0 aliphatic carbocycles. The molecule has 2 heterocycles. The van der Waals surface area contributed by atoms with Crippen LogP contribution in [0.4, 0.5) is 0 Å². The van der Waals surface area contributed by atoms with Gasteiger partial charge in [-0.05, 0) is 35.9 Å². The zero-order valence-electron chi connectivity index (χ0n) is 13.8. The van der Waals surface area contributed by atoms with Crippen molar-refractivity contribution in [2.24, 2.45) is 4.99 Å². The Bertz CT molecular complexity index is 951. The van der Waals surface area contributed by atoms with E-state index in [0.29, 0.717) is 46.6 Å². The van der Waals surface area contributed by atoms with Crippen molar-refractivity contribution in [3.63, 3.8) is 0 Å². The van der Waals surface area contributed by atoms with Gasteiger partial charge >= 0.3 is 5.97 Å². The van der Waals surface area contributed by atoms with E-state index in [1.165, 1.54) is 0 Å². The summed E-state index contributed by atoms with van der Waals surface area (Å²) in [4.78, 5) is 16.5. The van der Waals surface area contributed by atoms with Crippen LogP contribution in [0.5, 0.6) is 17.2 Å². The summed E-state index contributed by atoms with van der Waals surface area (Å²) in [6, 6.07) is 10.6. The number of hydrogen-bond donors (Lipinski definition) is 0. The molecule has 26 heavy (non-hydrogen) atoms. The predicted octanol–water partition coefficient (Wildman–Crippen LogP) is 3.46. The van der Waals surface area contributed by atoms with Gasteiger partial charge in [-0.2, -0.15) is 0 Å². The van der Waals surface area contributed by atoms with Gasteiger partial charge in [0.25, 0.3) is 0 Å². The number of hydrogen-bond acceptors (Lipinski definition) is 6. The highest BCUT2D eigenvalue weighted by Crippen LogP contribution is 2.39. The first-order chi connectivity index (χ1) is 12.7. The Balaban J connectivity index is 1.70. The molecule has 0 amide bonds. The van der Waals surface area contributed by atoms with Gasteiger partial charge in [-0.15, -0.1) is 0 Å². The smallest absolute Gasteiger partial charge is 0.363 e. The van der Waals surface area contributed by atoms with Crippen molar-refractivity contribution < 1.29 is 23.7 Å². The van der Waals surface area contributed by atoms with E-state index < -0.39 is 5.97 Å². The number of aliphatic imine (C=N–C) groups is 1. The van der Waals surface area contributed by atoms with E-state index in [-0.39, 0.29) is 11.6 Å². The first-order valence-electron chi connectivity index (χ1n) is 7.91. The normalized spacial score (nSPS) is 17.1. The summed E-state index contributed by atoms with van der Waals surface area (Å²) in [7, 11) is 1.55. The molecule has 2 aliphatic rings. The summed E-state index contributed by atoms with van der Waals surface area (Å²) < 4.78 is 21.6. The molecule has 132 valence electrons. The molecule has 7 heteroatoms. The van der Waals surface area contributed by atoms with Gasteiger partial charge in [-0.25, -0.2) is 9.79 Å². The zero-order chi connectivity index (χ0) is 18.1. The lowest BCUT2D eigenvalue weighted by Crippen LogP contribution is -2.15. The topological polar surface area (TPSA) is 66.3 Å². The van der Waals surface area contributed by atoms with Crippen LogP contribution in [0.15, 0.2) is 47.1 Å². The number of benzene rings is 2. The molecule has 0 N–H and O–H groups in total. The van der Waals surface area contributed by atoms with Crippen molar-refractivity contribution in [1.82, 2.24) is 0 Å². The highest BCUT2D eigenvalue weighted by atomic mass is 35.5. The average molecular weight is 372 g/mol. The minimum atomic E-state index is -0.545. The van der Waals surface area contributed by atoms with Crippen LogP contribution in [-0.4, -0.2) is 32.2 Å². The fraction of sp³-hybridized carbons (Fsp3) is 0.158. The van der Waals surface area contributed by atoms with Crippen LogP contribution in [0.25, 0.3) is 6.08 Å². The molecule has 0 saturated carbocycles. The van der Waals surface area contributed by atoms with Crippen LogP contribution in [0.1, 0.15) is 11.1 Å². The number of methoxy groups -OCH3 is 1. The number of carbonyl (C=O) groups excluding carboxylic acids is 1. The summed E-state index contributed by atoms with van der Waals surface area (Å²) in [5.74, 6) is 1.27. The van der Waals surface area contributed by atoms with Crippen molar-refractivity contribution in [1.29, 1.82) is 0 Å². The minimum absolute atomic E-state index is 0.165. The molecule has 0 saturated heterocycles. The third kappa shape index (κ3) is 2.99. The van der Waals surface area contributed by atoms with Crippen LogP contribution in [0.2, 0.25) is 5.02 Å². The fourth-order valence-corrected chi connectivity index (χ4v) is 2.99. The second-order valence-corrected chi connectivity index (χ2v) is 5.97. The van der Waals surface area contributed by atoms with E-state index >= 15 is 0 Å². The molecule has 6 nitrogen and oxygen atoms in total. The molecule has 0 aromatic heterocycles. The Morgan fingerprint density at radius 3 is 2.85 bits per heavy atom. The van der Waals surface area contributed by atoms with Crippen LogP contribution in [-0.2, 0) is 9.53 Å². The van der Waals surface area contributed by atoms with Crippen LogP contribution in [0.3, 0.4) is 0 Å². The number of esters is 1. The molecule has 0 bridgehead atoms. The summed E-state index contributed by atoms with van der Waals surface area (Å²) in [5, 5.41) is 0.411. The van der Waals surface area contributed by atoms with Crippen LogP contribution >= 0.6 is 11.6 Å². The number of ether oxygens (including phenoxy) is 4. The average Bonchev–Trinajstić information content (AvgIpc) is 3.02. The van der Waals surface area contributed by atoms with Gasteiger partial charge in [0.1, 0.15) is 19.0 Å². The molecular weight excluding hydrogens is 358 g/mol. The van der Waals surface area contributed by atoms with E-state index in [0.717, 1.165) is 0 Å². The van der Waals surface area contributed by atoms with Crippen molar-refractivity contribution >= 4 is 29.5 Å². The van der Waals surface area contributed by atoms with Crippen molar-refractivity contribution in [2.45, 2.75) is 0 Å². The van der Waals surface area contributed by atoms with Crippen LogP contribution in [0, 0.1) is 0 Å². The fourth-order valence-electron chi connectivity index (χ4n) is 2.72. The molecule has 0 spiro atoms. The van der Waals surface area contributed by atoms with Gasteiger partial charge < -0.3 is 18.9 Å². The zero-order valence-corrected chi connectivity index (χ0v) is 14.6. The number of rotatable bonds is 3. The van der Waals surface area contributed by atoms with Crippen molar-refractivity contribution in [3.05, 3.63) is 58.2 Å². The molecule has 0 unspecified atom stereocenters.